The summed E-state index contributed by atoms with van der Waals surface area (Å²) in [7, 11) is 0. The molecule has 0 radical (unpaired) electrons. The zero-order valence-corrected chi connectivity index (χ0v) is 14.1. The monoisotopic (exact) mass is 289 g/mol. The molecule has 3 atom stereocenters. The zero-order chi connectivity index (χ0) is 15.3. The van der Waals surface area contributed by atoms with Crippen LogP contribution in [0.4, 0.5) is 0 Å². The van der Waals surface area contributed by atoms with Gasteiger partial charge in [0, 0.05) is 6.04 Å². The summed E-state index contributed by atoms with van der Waals surface area (Å²) >= 11 is 0. The van der Waals surface area contributed by atoms with E-state index in [1.807, 2.05) is 0 Å². The highest BCUT2D eigenvalue weighted by molar-refractivity contribution is 5.33. The number of ether oxygens (including phenoxy) is 1. The lowest BCUT2D eigenvalue weighted by Crippen LogP contribution is -2.56. The van der Waals surface area contributed by atoms with Crippen LogP contribution in [-0.2, 0) is 0 Å². The molecule has 2 rings (SSSR count). The fourth-order valence-electron chi connectivity index (χ4n) is 3.52. The Morgan fingerprint density at radius 3 is 2.43 bits per heavy atom. The fourth-order valence-corrected chi connectivity index (χ4v) is 3.52. The van der Waals surface area contributed by atoms with Gasteiger partial charge in [0.15, 0.2) is 0 Å². The normalized spacial score (nSPS) is 28.2. The second kappa shape index (κ2) is 7.31. The molecular formula is C19H31NO. The van der Waals surface area contributed by atoms with Crippen molar-refractivity contribution in [1.82, 2.24) is 5.32 Å². The van der Waals surface area contributed by atoms with E-state index >= 15 is 0 Å². The minimum absolute atomic E-state index is 0.390. The Morgan fingerprint density at radius 2 is 1.86 bits per heavy atom. The van der Waals surface area contributed by atoms with Gasteiger partial charge in [-0.2, -0.15) is 0 Å². The second-order valence-corrected chi connectivity index (χ2v) is 6.57. The van der Waals surface area contributed by atoms with Gasteiger partial charge in [0.05, 0.1) is 6.61 Å². The predicted molar refractivity (Wildman–Crippen MR) is 90.1 cm³/mol. The van der Waals surface area contributed by atoms with Crippen molar-refractivity contribution >= 4 is 0 Å². The summed E-state index contributed by atoms with van der Waals surface area (Å²) in [5, 5.41) is 3.72. The van der Waals surface area contributed by atoms with E-state index in [9.17, 15) is 0 Å². The summed E-state index contributed by atoms with van der Waals surface area (Å²) in [5.41, 5.74) is 1.86. The van der Waals surface area contributed by atoms with Crippen LogP contribution in [0.3, 0.4) is 0 Å². The minimum atomic E-state index is 0.390. The van der Waals surface area contributed by atoms with Gasteiger partial charge in [0.1, 0.15) is 5.75 Å². The number of nitrogens with one attached hydrogen (secondary N) is 1. The number of hydrogen-bond acceptors (Lipinski definition) is 2. The summed E-state index contributed by atoms with van der Waals surface area (Å²) in [6.07, 6.45) is 4.76. The smallest absolute Gasteiger partial charge is 0.119 e. The minimum Gasteiger partial charge on any atom is -0.494 e. The van der Waals surface area contributed by atoms with Gasteiger partial charge in [-0.15, -0.1) is 0 Å². The zero-order valence-electron chi connectivity index (χ0n) is 14.1. The molecule has 2 heteroatoms. The average Bonchev–Trinajstić information content (AvgIpc) is 2.52. The van der Waals surface area contributed by atoms with Crippen LogP contribution in [0.1, 0.15) is 64.9 Å². The van der Waals surface area contributed by atoms with Crippen LogP contribution >= 0.6 is 0 Å². The summed E-state index contributed by atoms with van der Waals surface area (Å²) in [4.78, 5) is 0. The SMILES string of the molecule is CCCNC1CC(c2ccc(OCCC)cc2)C1(C)CC. The molecule has 0 aromatic heterocycles. The third-order valence-corrected chi connectivity index (χ3v) is 5.22. The quantitative estimate of drug-likeness (QED) is 0.746. The van der Waals surface area contributed by atoms with Crippen molar-refractivity contribution in [3.63, 3.8) is 0 Å². The van der Waals surface area contributed by atoms with Crippen molar-refractivity contribution < 1.29 is 4.74 Å². The van der Waals surface area contributed by atoms with Gasteiger partial charge in [-0.3, -0.25) is 0 Å². The van der Waals surface area contributed by atoms with E-state index < -0.39 is 0 Å². The highest BCUT2D eigenvalue weighted by Crippen LogP contribution is 2.54. The molecule has 1 aliphatic rings. The van der Waals surface area contributed by atoms with Crippen LogP contribution in [0.2, 0.25) is 0 Å². The summed E-state index contributed by atoms with van der Waals surface area (Å²) < 4.78 is 5.68. The van der Waals surface area contributed by atoms with Crippen molar-refractivity contribution in [3.05, 3.63) is 29.8 Å². The van der Waals surface area contributed by atoms with Gasteiger partial charge in [-0.25, -0.2) is 0 Å². The Kier molecular flexibility index (Phi) is 5.69. The Labute approximate surface area is 130 Å². The molecule has 0 heterocycles. The maximum absolute atomic E-state index is 5.68. The Balaban J connectivity index is 2.01. The third-order valence-electron chi connectivity index (χ3n) is 5.22. The van der Waals surface area contributed by atoms with Crippen LogP contribution in [0.25, 0.3) is 0 Å². The van der Waals surface area contributed by atoms with Gasteiger partial charge in [-0.1, -0.05) is 39.8 Å². The van der Waals surface area contributed by atoms with E-state index in [1.165, 1.54) is 24.8 Å². The summed E-state index contributed by atoms with van der Waals surface area (Å²) in [5.74, 6) is 1.68. The van der Waals surface area contributed by atoms with Crippen molar-refractivity contribution in [3.8, 4) is 5.75 Å². The molecule has 1 aromatic rings. The number of rotatable bonds is 8. The standard InChI is InChI=1S/C19H31NO/c1-5-12-20-18-14-17(19(18,4)7-3)15-8-10-16(11-9-15)21-13-6-2/h8-11,17-18,20H,5-7,12-14H2,1-4H3. The van der Waals surface area contributed by atoms with Gasteiger partial charge >= 0.3 is 0 Å². The first-order valence-electron chi connectivity index (χ1n) is 8.61. The van der Waals surface area contributed by atoms with Crippen LogP contribution in [-0.4, -0.2) is 19.2 Å². The molecule has 21 heavy (non-hydrogen) atoms. The summed E-state index contributed by atoms with van der Waals surface area (Å²) in [6.45, 7) is 11.1. The molecule has 2 nitrogen and oxygen atoms in total. The maximum Gasteiger partial charge on any atom is 0.119 e. The van der Waals surface area contributed by atoms with Gasteiger partial charge in [-0.05, 0) is 61.3 Å². The first-order chi connectivity index (χ1) is 10.2. The van der Waals surface area contributed by atoms with E-state index in [2.05, 4.69) is 57.3 Å². The molecule has 0 amide bonds. The molecule has 0 bridgehead atoms. The number of benzene rings is 1. The molecule has 0 aliphatic heterocycles. The molecule has 1 aromatic carbocycles. The molecule has 1 N–H and O–H groups in total. The molecule has 3 unspecified atom stereocenters. The average molecular weight is 289 g/mol. The first kappa shape index (κ1) is 16.4. The third kappa shape index (κ3) is 3.42. The maximum atomic E-state index is 5.68. The largest absolute Gasteiger partial charge is 0.494 e. The highest BCUT2D eigenvalue weighted by atomic mass is 16.5. The molecule has 0 spiro atoms. The Bertz CT molecular complexity index is 428. The van der Waals surface area contributed by atoms with Gasteiger partial charge in [0.2, 0.25) is 0 Å². The molecule has 1 saturated carbocycles. The van der Waals surface area contributed by atoms with Crippen LogP contribution in [0.15, 0.2) is 24.3 Å². The lowest BCUT2D eigenvalue weighted by atomic mass is 9.54. The summed E-state index contributed by atoms with van der Waals surface area (Å²) in [6, 6.07) is 9.46. The second-order valence-electron chi connectivity index (χ2n) is 6.57. The van der Waals surface area contributed by atoms with Gasteiger partial charge in [0.25, 0.3) is 0 Å². The van der Waals surface area contributed by atoms with Gasteiger partial charge < -0.3 is 10.1 Å². The Hall–Kier alpha value is -1.02. The van der Waals surface area contributed by atoms with Crippen molar-refractivity contribution in [2.75, 3.05) is 13.2 Å². The lowest BCUT2D eigenvalue weighted by Gasteiger charge is -2.55. The van der Waals surface area contributed by atoms with E-state index in [1.54, 1.807) is 0 Å². The Morgan fingerprint density at radius 1 is 1.14 bits per heavy atom. The molecular weight excluding hydrogens is 258 g/mol. The van der Waals surface area contributed by atoms with E-state index in [4.69, 9.17) is 4.74 Å². The number of hydrogen-bond donors (Lipinski definition) is 1. The van der Waals surface area contributed by atoms with Crippen molar-refractivity contribution in [2.45, 2.75) is 65.3 Å². The van der Waals surface area contributed by atoms with Crippen LogP contribution in [0.5, 0.6) is 5.75 Å². The topological polar surface area (TPSA) is 21.3 Å². The van der Waals surface area contributed by atoms with E-state index in [0.717, 1.165) is 25.3 Å². The van der Waals surface area contributed by atoms with Crippen LogP contribution < -0.4 is 10.1 Å². The van der Waals surface area contributed by atoms with Crippen molar-refractivity contribution in [1.29, 1.82) is 0 Å². The van der Waals surface area contributed by atoms with E-state index in [-0.39, 0.29) is 0 Å². The highest BCUT2D eigenvalue weighted by Gasteiger charge is 2.50. The lowest BCUT2D eigenvalue weighted by molar-refractivity contribution is 0.0445. The molecule has 0 saturated heterocycles. The molecule has 1 fully saturated rings. The predicted octanol–water partition coefficient (Wildman–Crippen LogP) is 4.75. The van der Waals surface area contributed by atoms with Crippen molar-refractivity contribution in [2.24, 2.45) is 5.41 Å². The molecule has 1 aliphatic carbocycles. The fraction of sp³-hybridized carbons (Fsp3) is 0.684. The van der Waals surface area contributed by atoms with E-state index in [0.29, 0.717) is 17.4 Å². The molecule has 118 valence electrons. The first-order valence-corrected chi connectivity index (χ1v) is 8.61. The van der Waals surface area contributed by atoms with Crippen LogP contribution in [0, 0.1) is 5.41 Å².